The Hall–Kier alpha value is -1.82. The van der Waals surface area contributed by atoms with E-state index in [-0.39, 0.29) is 11.5 Å². The van der Waals surface area contributed by atoms with Crippen molar-refractivity contribution in [3.05, 3.63) is 23.3 Å². The lowest BCUT2D eigenvalue weighted by Crippen LogP contribution is -2.26. The molecule has 0 N–H and O–H groups in total. The molecule has 0 aromatic rings. The minimum atomic E-state index is -0.402. The number of hydrogen-bond acceptors (Lipinski definition) is 2. The van der Waals surface area contributed by atoms with Crippen LogP contribution in [0.3, 0.4) is 0 Å². The van der Waals surface area contributed by atoms with Crippen LogP contribution in [0.4, 0.5) is 0 Å². The Morgan fingerprint density at radius 3 is 2.46 bits per heavy atom. The first-order valence-corrected chi connectivity index (χ1v) is 3.79. The number of carbonyl (C=O) groups is 2. The fourth-order valence-electron chi connectivity index (χ4n) is 1.12. The zero-order valence-corrected chi connectivity index (χ0v) is 7.50. The zero-order chi connectivity index (χ0) is 10.0. The van der Waals surface area contributed by atoms with Gasteiger partial charge in [0.05, 0.1) is 5.57 Å². The highest BCUT2D eigenvalue weighted by molar-refractivity contribution is 6.22. The molecule has 0 aliphatic carbocycles. The number of nitrogens with zero attached hydrogens (tertiary/aromatic N) is 1. The second-order valence-electron chi connectivity index (χ2n) is 2.60. The number of likely N-dealkylation sites (N-methyl/N-ethyl adjacent to an activating group) is 1. The summed E-state index contributed by atoms with van der Waals surface area (Å²) in [5.74, 6) is 1.49. The van der Waals surface area contributed by atoms with Crippen LogP contribution in [0.15, 0.2) is 23.3 Å². The Balaban J connectivity index is 3.27. The van der Waals surface area contributed by atoms with Crippen molar-refractivity contribution < 1.29 is 9.59 Å². The van der Waals surface area contributed by atoms with E-state index in [0.29, 0.717) is 5.57 Å². The molecule has 13 heavy (non-hydrogen) atoms. The molecule has 0 atom stereocenters. The molecule has 0 aromatic heterocycles. The number of allylic oxidation sites excluding steroid dienone is 1. The summed E-state index contributed by atoms with van der Waals surface area (Å²) in [7, 11) is 1.42. The molecule has 0 saturated carbocycles. The van der Waals surface area contributed by atoms with Gasteiger partial charge < -0.3 is 0 Å². The minimum absolute atomic E-state index is 0.144. The van der Waals surface area contributed by atoms with Gasteiger partial charge in [-0.2, -0.15) is 0 Å². The summed E-state index contributed by atoms with van der Waals surface area (Å²) in [6.07, 6.45) is 8.36. The average molecular weight is 175 g/mol. The van der Waals surface area contributed by atoms with Crippen molar-refractivity contribution in [2.24, 2.45) is 0 Å². The number of terminal acetylenes is 1. The second-order valence-corrected chi connectivity index (χ2v) is 2.60. The third-order valence-corrected chi connectivity index (χ3v) is 1.80. The highest BCUT2D eigenvalue weighted by Crippen LogP contribution is 2.19. The van der Waals surface area contributed by atoms with Crippen LogP contribution in [0.1, 0.15) is 6.92 Å². The van der Waals surface area contributed by atoms with E-state index >= 15 is 0 Å². The van der Waals surface area contributed by atoms with Crippen LogP contribution < -0.4 is 0 Å². The van der Waals surface area contributed by atoms with Gasteiger partial charge in [0.1, 0.15) is 5.57 Å². The fraction of sp³-hybridized carbons (Fsp3) is 0.200. The SMILES string of the molecule is C#CC1=C(/C=C\C)C(=O)N(C)C1=O. The topological polar surface area (TPSA) is 37.4 Å². The van der Waals surface area contributed by atoms with E-state index in [1.54, 1.807) is 19.1 Å². The van der Waals surface area contributed by atoms with E-state index in [1.807, 2.05) is 0 Å². The molecule has 0 saturated heterocycles. The predicted octanol–water partition coefficient (Wildman–Crippen LogP) is 0.491. The van der Waals surface area contributed by atoms with Crippen LogP contribution in [0.2, 0.25) is 0 Å². The molecule has 1 aliphatic heterocycles. The first-order chi connectivity index (χ1) is 6.13. The van der Waals surface area contributed by atoms with Crippen LogP contribution in [0.25, 0.3) is 0 Å². The Labute approximate surface area is 76.7 Å². The molecule has 3 heteroatoms. The highest BCUT2D eigenvalue weighted by atomic mass is 16.2. The standard InChI is InChI=1S/C10H9NO2/c1-4-6-8-7(5-2)9(12)11(3)10(8)13/h2,4,6H,1,3H3/b6-4-. The molecule has 3 nitrogen and oxygen atoms in total. The lowest BCUT2D eigenvalue weighted by atomic mass is 10.1. The van der Waals surface area contributed by atoms with Gasteiger partial charge in [-0.05, 0) is 6.92 Å². The Morgan fingerprint density at radius 1 is 1.38 bits per heavy atom. The van der Waals surface area contributed by atoms with Crippen LogP contribution >= 0.6 is 0 Å². The Morgan fingerprint density at radius 2 is 2.00 bits per heavy atom. The summed E-state index contributed by atoms with van der Waals surface area (Å²) in [5, 5.41) is 0. The van der Waals surface area contributed by atoms with Gasteiger partial charge in [0, 0.05) is 7.05 Å². The summed E-state index contributed by atoms with van der Waals surface area (Å²) in [6, 6.07) is 0. The minimum Gasteiger partial charge on any atom is -0.277 e. The van der Waals surface area contributed by atoms with Crippen molar-refractivity contribution in [2.45, 2.75) is 6.92 Å². The first kappa shape index (κ1) is 9.27. The predicted molar refractivity (Wildman–Crippen MR) is 48.5 cm³/mol. The van der Waals surface area contributed by atoms with Gasteiger partial charge in [-0.25, -0.2) is 0 Å². The number of hydrogen-bond donors (Lipinski definition) is 0. The van der Waals surface area contributed by atoms with Crippen LogP contribution in [0, 0.1) is 12.3 Å². The summed E-state index contributed by atoms with van der Waals surface area (Å²) in [6.45, 7) is 1.76. The number of rotatable bonds is 1. The van der Waals surface area contributed by atoms with Crippen LogP contribution in [0.5, 0.6) is 0 Å². The molecule has 0 spiro atoms. The maximum atomic E-state index is 11.4. The largest absolute Gasteiger partial charge is 0.277 e. The van der Waals surface area contributed by atoms with Gasteiger partial charge in [-0.15, -0.1) is 6.42 Å². The van der Waals surface area contributed by atoms with Crippen LogP contribution in [-0.4, -0.2) is 23.8 Å². The fourth-order valence-corrected chi connectivity index (χ4v) is 1.12. The second kappa shape index (κ2) is 3.28. The van der Waals surface area contributed by atoms with Gasteiger partial charge in [0.15, 0.2) is 0 Å². The van der Waals surface area contributed by atoms with Gasteiger partial charge >= 0.3 is 0 Å². The quantitative estimate of drug-likeness (QED) is 0.429. The monoisotopic (exact) mass is 175 g/mol. The molecule has 0 fully saturated rings. The van der Waals surface area contributed by atoms with Gasteiger partial charge in [0.25, 0.3) is 11.8 Å². The molecular formula is C10H9NO2. The molecule has 0 bridgehead atoms. The summed E-state index contributed by atoms with van der Waals surface area (Å²) in [5.41, 5.74) is 0.447. The molecule has 2 amide bonds. The Bertz CT molecular complexity index is 369. The lowest BCUT2D eigenvalue weighted by molar-refractivity contribution is -0.135. The molecule has 0 radical (unpaired) electrons. The molecule has 1 heterocycles. The highest BCUT2D eigenvalue weighted by Gasteiger charge is 2.32. The third kappa shape index (κ3) is 1.27. The molecule has 1 aliphatic rings. The van der Waals surface area contributed by atoms with Crippen molar-refractivity contribution in [2.75, 3.05) is 7.05 Å². The zero-order valence-electron chi connectivity index (χ0n) is 7.50. The van der Waals surface area contributed by atoms with Crippen molar-refractivity contribution in [1.82, 2.24) is 4.90 Å². The summed E-state index contributed by atoms with van der Waals surface area (Å²) >= 11 is 0. The summed E-state index contributed by atoms with van der Waals surface area (Å²) < 4.78 is 0. The van der Waals surface area contributed by atoms with E-state index < -0.39 is 5.91 Å². The smallest absolute Gasteiger partial charge is 0.269 e. The average Bonchev–Trinajstić information content (AvgIpc) is 2.32. The lowest BCUT2D eigenvalue weighted by Gasteiger charge is -2.04. The first-order valence-electron chi connectivity index (χ1n) is 3.79. The van der Waals surface area contributed by atoms with Crippen molar-refractivity contribution in [3.8, 4) is 12.3 Å². The summed E-state index contributed by atoms with van der Waals surface area (Å²) in [4.78, 5) is 23.7. The molecule has 0 aromatic carbocycles. The number of carbonyl (C=O) groups excluding carboxylic acids is 2. The third-order valence-electron chi connectivity index (χ3n) is 1.80. The number of amides is 2. The van der Waals surface area contributed by atoms with E-state index in [2.05, 4.69) is 5.92 Å². The normalized spacial score (nSPS) is 17.5. The van der Waals surface area contributed by atoms with E-state index in [0.717, 1.165) is 4.90 Å². The Kier molecular flexibility index (Phi) is 2.34. The van der Waals surface area contributed by atoms with E-state index in [4.69, 9.17) is 6.42 Å². The van der Waals surface area contributed by atoms with Gasteiger partial charge in [-0.3, -0.25) is 14.5 Å². The maximum Gasteiger partial charge on any atom is 0.269 e. The number of imide groups is 1. The van der Waals surface area contributed by atoms with E-state index in [1.165, 1.54) is 7.05 Å². The molecule has 1 rings (SSSR count). The molecular weight excluding hydrogens is 166 g/mol. The molecule has 0 unspecified atom stereocenters. The maximum absolute atomic E-state index is 11.4. The van der Waals surface area contributed by atoms with Crippen molar-refractivity contribution >= 4 is 11.8 Å². The van der Waals surface area contributed by atoms with Crippen molar-refractivity contribution in [1.29, 1.82) is 0 Å². The van der Waals surface area contributed by atoms with Crippen molar-refractivity contribution in [3.63, 3.8) is 0 Å². The van der Waals surface area contributed by atoms with Gasteiger partial charge in [-0.1, -0.05) is 18.1 Å². The van der Waals surface area contributed by atoms with Gasteiger partial charge in [0.2, 0.25) is 0 Å². The molecule has 66 valence electrons. The van der Waals surface area contributed by atoms with E-state index in [9.17, 15) is 9.59 Å². The van der Waals surface area contributed by atoms with Crippen LogP contribution in [-0.2, 0) is 9.59 Å².